The molecule has 1 aliphatic rings. The van der Waals surface area contributed by atoms with Crippen LogP contribution >= 0.6 is 16.1 Å². The van der Waals surface area contributed by atoms with E-state index in [-0.39, 0.29) is 56.4 Å². The first kappa shape index (κ1) is 52.5. The van der Waals surface area contributed by atoms with Crippen LogP contribution in [-0.4, -0.2) is 103 Å². The fourth-order valence-corrected chi connectivity index (χ4v) is 10.1. The minimum atomic E-state index is -4.43. The second-order valence-corrected chi connectivity index (χ2v) is 19.3. The topological polar surface area (TPSA) is 269 Å². The molecular weight excluding hydrogens is 987 g/mol. The molecule has 2 unspecified atom stereocenters. The first-order valence-corrected chi connectivity index (χ1v) is 25.6. The molecule has 1 amide bonds. The van der Waals surface area contributed by atoms with Crippen LogP contribution in [0.25, 0.3) is 27.2 Å². The van der Waals surface area contributed by atoms with Gasteiger partial charge in [0.1, 0.15) is 48.0 Å². The standard InChI is InChI=1S/C48H52N10O13P2/c1-30(2)44(59)55-47-54-43-40(45(60)56-47)52-29-58(43)46-41(71-72(61)62)31(3)38(70-46)26-69-73(63,68-24-21-49-4)67-23-10-22-57-39(53-37-25-50-28-51-42(37)57)27-66-48(32-11-8-7-9-12-32,33-13-17-35(64-5)18-14-33)34-15-19-36(65-6)20-16-34/h7-9,11-20,25,28-31,38,41,46H,10,21-24,26-27H2,1-3,5-6H3,(H2-,54,55,56,59,60,61,62)/p+1/t31-,38-,41-,46-,73?/m1/s1. The largest absolute Gasteiger partial charge is 0.695 e. The van der Waals surface area contributed by atoms with Crippen molar-refractivity contribution in [2.24, 2.45) is 11.8 Å². The molecule has 3 N–H and O–H groups in total. The molecule has 0 bridgehead atoms. The molecule has 1 aliphatic heterocycles. The number of nitrogens with zero attached hydrogens (tertiary/aromatic N) is 8. The zero-order valence-electron chi connectivity index (χ0n) is 40.4. The first-order valence-electron chi connectivity index (χ1n) is 23.0. The maximum absolute atomic E-state index is 14.3. The number of fused-ring (bicyclic) bond motifs is 2. The van der Waals surface area contributed by atoms with Crippen molar-refractivity contribution in [2.45, 2.75) is 64.4 Å². The van der Waals surface area contributed by atoms with Gasteiger partial charge in [0.2, 0.25) is 18.4 Å². The van der Waals surface area contributed by atoms with Gasteiger partial charge in [-0.05, 0) is 47.4 Å². The number of hydrogen-bond donors (Lipinski definition) is 3. The third-order valence-corrected chi connectivity index (χ3v) is 14.0. The number of carbonyl (C=O) groups excluding carboxylic acids is 1. The number of imidazole rings is 2. The highest BCUT2D eigenvalue weighted by Crippen LogP contribution is 2.51. The number of aromatic amines is 1. The molecule has 0 spiro atoms. The second-order valence-electron chi connectivity index (χ2n) is 17.0. The molecule has 382 valence electrons. The Morgan fingerprint density at radius 2 is 1.63 bits per heavy atom. The molecule has 1 fully saturated rings. The van der Waals surface area contributed by atoms with Crippen molar-refractivity contribution in [3.8, 4) is 11.5 Å². The number of H-pyrrole nitrogens is 1. The van der Waals surface area contributed by atoms with Gasteiger partial charge < -0.3 is 28.4 Å². The first-order chi connectivity index (χ1) is 35.3. The summed E-state index contributed by atoms with van der Waals surface area (Å²) >= 11 is 0. The van der Waals surface area contributed by atoms with E-state index < -0.39 is 70.0 Å². The van der Waals surface area contributed by atoms with Gasteiger partial charge in [-0.1, -0.05) is 75.4 Å². The number of amides is 1. The molecule has 0 aliphatic carbocycles. The average molecular weight is 1040 g/mol. The fourth-order valence-electron chi connectivity index (χ4n) is 8.34. The van der Waals surface area contributed by atoms with Gasteiger partial charge in [0.05, 0.1) is 46.1 Å². The fraction of sp³-hybridized carbons (Fsp3) is 0.375. The van der Waals surface area contributed by atoms with Gasteiger partial charge in [0.25, 0.3) is 5.56 Å². The van der Waals surface area contributed by atoms with Gasteiger partial charge in [-0.2, -0.15) is 4.98 Å². The van der Waals surface area contributed by atoms with Gasteiger partial charge in [-0.3, -0.25) is 38.0 Å². The van der Waals surface area contributed by atoms with Crippen molar-refractivity contribution in [1.29, 1.82) is 0 Å². The molecule has 5 heterocycles. The molecule has 25 heteroatoms. The SMILES string of the molecule is [C-]#[N+]CCOP(=O)(OCCCn1c(COC(c2ccccc2)(c2ccc(OC)cc2)c2ccc(OC)cc2)nc2cncnc21)OC[C@H]1O[C@@H](n2cnc3c(=O)[nH]c(NC(=O)C(C)C)nc32)[C@H](O[P+](=O)O)[C@@H]1C. The van der Waals surface area contributed by atoms with Crippen LogP contribution in [0.5, 0.6) is 11.5 Å². The van der Waals surface area contributed by atoms with E-state index in [2.05, 4.69) is 35.1 Å². The summed E-state index contributed by atoms with van der Waals surface area (Å²) in [5.74, 6) is 0.167. The zero-order chi connectivity index (χ0) is 51.7. The van der Waals surface area contributed by atoms with Crippen LogP contribution in [0.3, 0.4) is 0 Å². The number of aromatic nitrogens is 8. The summed E-state index contributed by atoms with van der Waals surface area (Å²) < 4.78 is 77.0. The number of ether oxygens (including phenoxy) is 4. The van der Waals surface area contributed by atoms with Gasteiger partial charge in [-0.15, -0.1) is 9.42 Å². The monoisotopic (exact) mass is 1040 g/mol. The van der Waals surface area contributed by atoms with E-state index in [0.717, 1.165) is 16.7 Å². The molecule has 4 aromatic heterocycles. The molecule has 23 nitrogen and oxygen atoms in total. The van der Waals surface area contributed by atoms with Crippen LogP contribution in [0.2, 0.25) is 0 Å². The van der Waals surface area contributed by atoms with Crippen molar-refractivity contribution < 1.29 is 55.9 Å². The van der Waals surface area contributed by atoms with Gasteiger partial charge in [0, 0.05) is 22.9 Å². The van der Waals surface area contributed by atoms with Gasteiger partial charge in [-0.25, -0.2) is 31.1 Å². The average Bonchev–Trinajstić information content (AvgIpc) is 4.08. The number of phosphoric acid groups is 1. The molecule has 1 saturated heterocycles. The number of benzene rings is 3. The number of anilines is 1. The van der Waals surface area contributed by atoms with Crippen LogP contribution in [0.15, 0.2) is 103 Å². The lowest BCUT2D eigenvalue weighted by atomic mass is 9.80. The van der Waals surface area contributed by atoms with E-state index in [1.165, 1.54) is 17.2 Å². The third kappa shape index (κ3) is 11.7. The van der Waals surface area contributed by atoms with Gasteiger partial charge >= 0.3 is 16.1 Å². The Bertz CT molecular complexity index is 3140. The normalized spacial score (nSPS) is 17.9. The van der Waals surface area contributed by atoms with E-state index in [0.29, 0.717) is 28.5 Å². The van der Waals surface area contributed by atoms with Crippen molar-refractivity contribution in [3.63, 3.8) is 0 Å². The Kier molecular flexibility index (Phi) is 16.8. The van der Waals surface area contributed by atoms with Crippen molar-refractivity contribution in [1.82, 2.24) is 39.0 Å². The Morgan fingerprint density at radius 1 is 0.959 bits per heavy atom. The van der Waals surface area contributed by atoms with Crippen molar-refractivity contribution in [2.75, 3.05) is 45.9 Å². The quantitative estimate of drug-likeness (QED) is 0.0235. The predicted octanol–water partition coefficient (Wildman–Crippen LogP) is 7.12. The lowest BCUT2D eigenvalue weighted by molar-refractivity contribution is -0.118. The predicted molar refractivity (Wildman–Crippen MR) is 263 cm³/mol. The number of aryl methyl sites for hydroxylation is 1. The molecule has 8 rings (SSSR count). The van der Waals surface area contributed by atoms with E-state index in [9.17, 15) is 23.6 Å². The van der Waals surface area contributed by atoms with Crippen LogP contribution in [0, 0.1) is 18.4 Å². The summed E-state index contributed by atoms with van der Waals surface area (Å²) in [6.07, 6.45) is 1.18. The van der Waals surface area contributed by atoms with E-state index in [1.807, 2.05) is 83.4 Å². The Hall–Kier alpha value is -6.83. The van der Waals surface area contributed by atoms with Gasteiger partial charge in [0.15, 0.2) is 29.1 Å². The Balaban J connectivity index is 1.01. The molecule has 73 heavy (non-hydrogen) atoms. The summed E-state index contributed by atoms with van der Waals surface area (Å²) in [5.41, 5.74) is 1.58. The van der Waals surface area contributed by atoms with Crippen LogP contribution in [-0.2, 0) is 60.2 Å². The molecule has 7 aromatic rings. The summed E-state index contributed by atoms with van der Waals surface area (Å²) in [7, 11) is -4.39. The van der Waals surface area contributed by atoms with Crippen molar-refractivity contribution >= 4 is 50.3 Å². The number of nitrogens with one attached hydrogen (secondary N) is 2. The number of hydrogen-bond acceptors (Lipinski definition) is 17. The molecule has 6 atom stereocenters. The number of carbonyl (C=O) groups is 1. The summed E-state index contributed by atoms with van der Waals surface area (Å²) in [4.78, 5) is 63.3. The van der Waals surface area contributed by atoms with Crippen molar-refractivity contribution in [3.05, 3.63) is 142 Å². The maximum atomic E-state index is 14.3. The highest BCUT2D eigenvalue weighted by atomic mass is 31.2. The molecule has 0 radical (unpaired) electrons. The molecule has 3 aromatic carbocycles. The van der Waals surface area contributed by atoms with Crippen LogP contribution in [0.1, 0.15) is 55.9 Å². The molecular formula is C48H53N10O13P2+. The summed E-state index contributed by atoms with van der Waals surface area (Å²) in [5, 5.41) is 2.55. The zero-order valence-corrected chi connectivity index (χ0v) is 42.2. The van der Waals surface area contributed by atoms with E-state index in [1.54, 1.807) is 41.2 Å². The van der Waals surface area contributed by atoms with Crippen LogP contribution in [0.4, 0.5) is 5.95 Å². The summed E-state index contributed by atoms with van der Waals surface area (Å²) in [6.45, 7) is 11.5. The lowest BCUT2D eigenvalue weighted by Gasteiger charge is -2.36. The Labute approximate surface area is 419 Å². The number of rotatable bonds is 24. The minimum Gasteiger partial charge on any atom is -0.497 e. The highest BCUT2D eigenvalue weighted by Gasteiger charge is 2.50. The highest BCUT2D eigenvalue weighted by molar-refractivity contribution is 7.48. The number of methoxy groups -OCH3 is 2. The third-order valence-electron chi connectivity index (χ3n) is 12.1. The minimum absolute atomic E-state index is 0.0153. The maximum Gasteiger partial charge on any atom is 0.695 e. The summed E-state index contributed by atoms with van der Waals surface area (Å²) in [6, 6.07) is 25.2. The Morgan fingerprint density at radius 3 is 2.27 bits per heavy atom. The molecule has 0 saturated carbocycles. The van der Waals surface area contributed by atoms with E-state index in [4.69, 9.17) is 48.6 Å². The lowest BCUT2D eigenvalue weighted by Crippen LogP contribution is -2.33. The van der Waals surface area contributed by atoms with Crippen LogP contribution < -0.4 is 20.3 Å². The van der Waals surface area contributed by atoms with E-state index >= 15 is 0 Å². The smallest absolute Gasteiger partial charge is 0.497 e. The second kappa shape index (κ2) is 23.4. The number of phosphoric ester groups is 1.